The van der Waals surface area contributed by atoms with E-state index in [9.17, 15) is 14.7 Å². The van der Waals surface area contributed by atoms with Crippen LogP contribution in [0.3, 0.4) is 0 Å². The normalized spacial score (nSPS) is 24.8. The molecule has 0 fully saturated rings. The van der Waals surface area contributed by atoms with Gasteiger partial charge in [-0.15, -0.1) is 0 Å². The second-order valence-corrected chi connectivity index (χ2v) is 7.21. The molecule has 0 aromatic heterocycles. The molecule has 0 spiro atoms. The van der Waals surface area contributed by atoms with Gasteiger partial charge in [-0.25, -0.2) is 0 Å². The lowest BCUT2D eigenvalue weighted by molar-refractivity contribution is -0.139. The van der Waals surface area contributed by atoms with E-state index in [1.807, 2.05) is 31.2 Å². The quantitative estimate of drug-likeness (QED) is 0.925. The summed E-state index contributed by atoms with van der Waals surface area (Å²) in [5, 5.41) is 9.62. The number of anilines is 1. The van der Waals surface area contributed by atoms with Gasteiger partial charge in [0.1, 0.15) is 0 Å². The maximum atomic E-state index is 13.0. The van der Waals surface area contributed by atoms with Crippen LogP contribution in [0.2, 0.25) is 0 Å². The summed E-state index contributed by atoms with van der Waals surface area (Å²) in [4.78, 5) is 28.2. The Morgan fingerprint density at radius 2 is 1.88 bits per heavy atom. The zero-order valence-corrected chi connectivity index (χ0v) is 14.0. The molecule has 3 atom stereocenters. The Balaban J connectivity index is 1.79. The Bertz CT molecular complexity index is 835. The minimum Gasteiger partial charge on any atom is -0.481 e. The number of rotatable bonds is 3. The van der Waals surface area contributed by atoms with Gasteiger partial charge in [0, 0.05) is 17.0 Å². The first-order valence-electron chi connectivity index (χ1n) is 8.01. The first-order chi connectivity index (χ1) is 11.6. The fourth-order valence-electron chi connectivity index (χ4n) is 3.84. The van der Waals surface area contributed by atoms with Crippen molar-refractivity contribution in [3.63, 3.8) is 0 Å². The number of carboxylic acids is 1. The summed E-state index contributed by atoms with van der Waals surface area (Å²) in [5.41, 5.74) is 2.29. The zero-order valence-electron chi connectivity index (χ0n) is 13.2. The topological polar surface area (TPSA) is 57.6 Å². The van der Waals surface area contributed by atoms with Gasteiger partial charge in [-0.05, 0) is 24.6 Å². The molecule has 0 radical (unpaired) electrons. The highest BCUT2D eigenvalue weighted by molar-refractivity contribution is 8.00. The van der Waals surface area contributed by atoms with Crippen molar-refractivity contribution in [2.24, 2.45) is 5.92 Å². The Hall–Kier alpha value is -2.27. The molecule has 1 aliphatic carbocycles. The van der Waals surface area contributed by atoms with E-state index < -0.39 is 17.8 Å². The minimum atomic E-state index is -0.925. The van der Waals surface area contributed by atoms with Crippen molar-refractivity contribution in [1.29, 1.82) is 0 Å². The molecule has 0 saturated carbocycles. The largest absolute Gasteiger partial charge is 0.481 e. The fraction of sp³-hybridized carbons (Fsp3) is 0.263. The number of carbonyl (C=O) groups is 2. The predicted molar refractivity (Wildman–Crippen MR) is 93.7 cm³/mol. The Morgan fingerprint density at radius 3 is 2.62 bits per heavy atom. The number of thioether (sulfide) groups is 1. The summed E-state index contributed by atoms with van der Waals surface area (Å²) < 4.78 is 0. The highest BCUT2D eigenvalue weighted by Gasteiger charge is 2.51. The predicted octanol–water partition coefficient (Wildman–Crippen LogP) is 3.63. The van der Waals surface area contributed by atoms with E-state index >= 15 is 0 Å². The molecule has 122 valence electrons. The summed E-state index contributed by atoms with van der Waals surface area (Å²) in [5.74, 6) is -2.33. The van der Waals surface area contributed by atoms with Crippen molar-refractivity contribution in [2.45, 2.75) is 23.1 Å². The van der Waals surface area contributed by atoms with E-state index in [0.29, 0.717) is 11.1 Å². The molecule has 4 rings (SSSR count). The van der Waals surface area contributed by atoms with Crippen LogP contribution in [0.15, 0.2) is 53.4 Å². The lowest BCUT2D eigenvalue weighted by Crippen LogP contribution is -2.41. The maximum Gasteiger partial charge on any atom is 0.311 e. The van der Waals surface area contributed by atoms with Crippen LogP contribution in [0, 0.1) is 5.92 Å². The maximum absolute atomic E-state index is 13.0. The van der Waals surface area contributed by atoms with E-state index in [1.165, 1.54) is 0 Å². The summed E-state index contributed by atoms with van der Waals surface area (Å²) in [6, 6.07) is 15.1. The molecule has 2 aliphatic rings. The van der Waals surface area contributed by atoms with Crippen LogP contribution in [0.5, 0.6) is 0 Å². The molecule has 0 amide bonds. The van der Waals surface area contributed by atoms with Crippen molar-refractivity contribution in [2.75, 3.05) is 11.4 Å². The molecule has 4 nitrogen and oxygen atoms in total. The molecule has 0 saturated heterocycles. The number of hydrogen-bond donors (Lipinski definition) is 1. The number of benzene rings is 2. The van der Waals surface area contributed by atoms with Gasteiger partial charge < -0.3 is 10.0 Å². The summed E-state index contributed by atoms with van der Waals surface area (Å²) >= 11 is 1.60. The summed E-state index contributed by atoms with van der Waals surface area (Å²) in [6.45, 7) is 2.78. The Labute approximate surface area is 144 Å². The molecule has 2 aromatic rings. The molecule has 5 heteroatoms. The molecule has 24 heavy (non-hydrogen) atoms. The number of ketones is 1. The molecular formula is C19H17NO3S. The van der Waals surface area contributed by atoms with Crippen LogP contribution < -0.4 is 4.90 Å². The molecule has 1 N–H and O–H groups in total. The van der Waals surface area contributed by atoms with Crippen molar-refractivity contribution in [1.82, 2.24) is 0 Å². The van der Waals surface area contributed by atoms with Gasteiger partial charge in [-0.3, -0.25) is 9.59 Å². The third kappa shape index (κ3) is 2.08. The Kier molecular flexibility index (Phi) is 3.61. The van der Waals surface area contributed by atoms with Crippen molar-refractivity contribution in [3.05, 3.63) is 59.7 Å². The lowest BCUT2D eigenvalue weighted by Gasteiger charge is -2.31. The van der Waals surface area contributed by atoms with Crippen LogP contribution in [0.4, 0.5) is 5.69 Å². The number of carbonyl (C=O) groups excluding carboxylic acids is 1. The Morgan fingerprint density at radius 1 is 1.17 bits per heavy atom. The number of hydrogen-bond acceptors (Lipinski definition) is 4. The van der Waals surface area contributed by atoms with Gasteiger partial charge in [-0.1, -0.05) is 48.2 Å². The summed E-state index contributed by atoms with van der Waals surface area (Å²) in [6.07, 6.45) is 0. The third-order valence-electron chi connectivity index (χ3n) is 4.87. The average molecular weight is 339 g/mol. The van der Waals surface area contributed by atoms with E-state index in [2.05, 4.69) is 4.90 Å². The highest BCUT2D eigenvalue weighted by atomic mass is 32.2. The van der Waals surface area contributed by atoms with E-state index in [1.54, 1.807) is 36.0 Å². The van der Waals surface area contributed by atoms with Gasteiger partial charge in [0.05, 0.1) is 22.9 Å². The molecular weight excluding hydrogens is 322 g/mol. The fourth-order valence-corrected chi connectivity index (χ4v) is 5.38. The standard InChI is InChI=1S/C19H17NO3S/c1-2-20-13-9-5-6-10-14(13)24-18(20)16-15(19(22)23)11-7-3-4-8-12(11)17(16)21/h3-10,15-16,18H,2H2,1H3,(H,22,23). The highest BCUT2D eigenvalue weighted by Crippen LogP contribution is 2.52. The molecule has 3 unspecified atom stereocenters. The number of carboxylic acid groups (broad SMARTS) is 1. The van der Waals surface area contributed by atoms with Crippen LogP contribution in [-0.2, 0) is 4.79 Å². The summed E-state index contributed by atoms with van der Waals surface area (Å²) in [7, 11) is 0. The number of nitrogens with zero attached hydrogens (tertiary/aromatic N) is 1. The number of fused-ring (bicyclic) bond motifs is 2. The smallest absolute Gasteiger partial charge is 0.311 e. The van der Waals surface area contributed by atoms with Crippen LogP contribution >= 0.6 is 11.8 Å². The SMILES string of the molecule is CCN1c2ccccc2SC1C1C(=O)c2ccccc2C1C(=O)O. The minimum absolute atomic E-state index is 0.0539. The van der Waals surface area contributed by atoms with Crippen molar-refractivity contribution >= 4 is 29.2 Å². The van der Waals surface area contributed by atoms with Gasteiger partial charge in [0.2, 0.25) is 0 Å². The van der Waals surface area contributed by atoms with Crippen LogP contribution in [0.1, 0.15) is 28.8 Å². The molecule has 2 aromatic carbocycles. The third-order valence-corrected chi connectivity index (χ3v) is 6.26. The van der Waals surface area contributed by atoms with Crippen molar-refractivity contribution in [3.8, 4) is 0 Å². The monoisotopic (exact) mass is 339 g/mol. The van der Waals surface area contributed by atoms with Gasteiger partial charge in [0.15, 0.2) is 5.78 Å². The van der Waals surface area contributed by atoms with E-state index in [4.69, 9.17) is 0 Å². The number of para-hydroxylation sites is 1. The van der Waals surface area contributed by atoms with Gasteiger partial charge in [0.25, 0.3) is 0 Å². The van der Waals surface area contributed by atoms with E-state index in [-0.39, 0.29) is 11.2 Å². The number of Topliss-reactive ketones (excluding diaryl/α,β-unsaturated/α-hetero) is 1. The van der Waals surface area contributed by atoms with Crippen molar-refractivity contribution < 1.29 is 14.7 Å². The van der Waals surface area contributed by atoms with Crippen LogP contribution in [0.25, 0.3) is 0 Å². The second-order valence-electron chi connectivity index (χ2n) is 6.06. The van der Waals surface area contributed by atoms with Crippen LogP contribution in [-0.4, -0.2) is 28.8 Å². The molecule has 0 bridgehead atoms. The lowest BCUT2D eigenvalue weighted by atomic mass is 9.91. The van der Waals surface area contributed by atoms with Gasteiger partial charge >= 0.3 is 5.97 Å². The first-order valence-corrected chi connectivity index (χ1v) is 8.89. The zero-order chi connectivity index (χ0) is 16.8. The average Bonchev–Trinajstić information content (AvgIpc) is 3.10. The first kappa shape index (κ1) is 15.3. The molecule has 1 heterocycles. The van der Waals surface area contributed by atoms with Gasteiger partial charge in [-0.2, -0.15) is 0 Å². The number of aliphatic carboxylic acids is 1. The van der Waals surface area contributed by atoms with E-state index in [0.717, 1.165) is 17.1 Å². The second kappa shape index (κ2) is 5.67. The molecule has 1 aliphatic heterocycles.